The summed E-state index contributed by atoms with van der Waals surface area (Å²) in [5.74, 6) is 0.231. The number of nitrogen functional groups attached to an aromatic ring is 1. The highest BCUT2D eigenvalue weighted by Gasteiger charge is 2.15. The highest BCUT2D eigenvalue weighted by molar-refractivity contribution is 7.89. The largest absolute Gasteiger partial charge is 0.398 e. The summed E-state index contributed by atoms with van der Waals surface area (Å²) in [5, 5.41) is 17.3. The van der Waals surface area contributed by atoms with Crippen molar-refractivity contribution in [3.8, 4) is 0 Å². The number of nitrogens with two attached hydrogens (primary N) is 2. The van der Waals surface area contributed by atoms with Crippen molar-refractivity contribution in [1.29, 1.82) is 0 Å². The van der Waals surface area contributed by atoms with Crippen LogP contribution in [0.25, 0.3) is 0 Å². The van der Waals surface area contributed by atoms with Crippen LogP contribution in [0.4, 0.5) is 11.4 Å². The van der Waals surface area contributed by atoms with Crippen molar-refractivity contribution < 1.29 is 13.5 Å². The number of hydrogen-bond acceptors (Lipinski definition) is 5. The molecule has 0 bridgehead atoms. The van der Waals surface area contributed by atoms with E-state index in [1.165, 1.54) is 12.1 Å². The van der Waals surface area contributed by atoms with Crippen molar-refractivity contribution in [2.45, 2.75) is 24.8 Å². The minimum absolute atomic E-state index is 0.0193. The lowest BCUT2D eigenvalue weighted by molar-refractivity contribution is 0.249. The molecule has 0 saturated carbocycles. The number of aliphatic hydroxyl groups excluding tert-OH is 1. The first kappa shape index (κ1) is 14.7. The highest BCUT2D eigenvalue weighted by atomic mass is 32.2. The molecule has 0 aliphatic carbocycles. The molecule has 0 radical (unpaired) electrons. The molecule has 0 saturated heterocycles. The lowest BCUT2D eigenvalue weighted by atomic mass is 10.1. The molecule has 102 valence electrons. The van der Waals surface area contributed by atoms with Crippen molar-refractivity contribution in [3.05, 3.63) is 18.2 Å². The molecule has 6 nitrogen and oxygen atoms in total. The summed E-state index contributed by atoms with van der Waals surface area (Å²) in [6, 6.07) is 4.29. The lowest BCUT2D eigenvalue weighted by Crippen LogP contribution is -2.29. The molecule has 1 atom stereocenters. The summed E-state index contributed by atoms with van der Waals surface area (Å²) in [5.41, 5.74) is 6.37. The summed E-state index contributed by atoms with van der Waals surface area (Å²) in [6.07, 6.45) is 0. The summed E-state index contributed by atoms with van der Waals surface area (Å²) < 4.78 is 22.4. The summed E-state index contributed by atoms with van der Waals surface area (Å²) >= 11 is 0. The maximum Gasteiger partial charge on any atom is 0.240 e. The number of anilines is 2. The highest BCUT2D eigenvalue weighted by Crippen LogP contribution is 2.22. The predicted molar refractivity (Wildman–Crippen MR) is 71.6 cm³/mol. The SMILES string of the molecule is CC(C)C(CO)Nc1ccc(S(N)(=O)=O)c(N)c1. The van der Waals surface area contributed by atoms with Crippen molar-refractivity contribution >= 4 is 21.4 Å². The van der Waals surface area contributed by atoms with Crippen LogP contribution < -0.4 is 16.2 Å². The van der Waals surface area contributed by atoms with Gasteiger partial charge >= 0.3 is 0 Å². The zero-order valence-electron chi connectivity index (χ0n) is 10.4. The van der Waals surface area contributed by atoms with Crippen LogP contribution in [0.5, 0.6) is 0 Å². The van der Waals surface area contributed by atoms with Crippen molar-refractivity contribution in [1.82, 2.24) is 0 Å². The molecule has 0 aliphatic rings. The molecule has 0 fully saturated rings. The fraction of sp³-hybridized carbons (Fsp3) is 0.455. The minimum Gasteiger partial charge on any atom is -0.398 e. The maximum atomic E-state index is 11.2. The average Bonchev–Trinajstić information content (AvgIpc) is 2.23. The van der Waals surface area contributed by atoms with Crippen LogP contribution in [0, 0.1) is 5.92 Å². The topological polar surface area (TPSA) is 118 Å². The van der Waals surface area contributed by atoms with Crippen LogP contribution in [0.2, 0.25) is 0 Å². The van der Waals surface area contributed by atoms with E-state index < -0.39 is 10.0 Å². The quantitative estimate of drug-likeness (QED) is 0.577. The van der Waals surface area contributed by atoms with Gasteiger partial charge in [0.2, 0.25) is 10.0 Å². The van der Waals surface area contributed by atoms with Gasteiger partial charge in [-0.1, -0.05) is 13.8 Å². The third-order valence-corrected chi connectivity index (χ3v) is 3.65. The van der Waals surface area contributed by atoms with Crippen LogP contribution in [0.15, 0.2) is 23.1 Å². The molecule has 1 aromatic rings. The van der Waals surface area contributed by atoms with E-state index in [1.54, 1.807) is 6.07 Å². The average molecular weight is 273 g/mol. The van der Waals surface area contributed by atoms with Crippen LogP contribution in [0.3, 0.4) is 0 Å². The molecule has 7 heteroatoms. The van der Waals surface area contributed by atoms with E-state index in [2.05, 4.69) is 5.32 Å². The molecule has 18 heavy (non-hydrogen) atoms. The van der Waals surface area contributed by atoms with Gasteiger partial charge in [-0.15, -0.1) is 0 Å². The number of aliphatic hydroxyl groups is 1. The Morgan fingerprint density at radius 2 is 2.00 bits per heavy atom. The fourth-order valence-corrected chi connectivity index (χ4v) is 2.18. The van der Waals surface area contributed by atoms with Crippen LogP contribution in [0.1, 0.15) is 13.8 Å². The van der Waals surface area contributed by atoms with Gasteiger partial charge in [-0.2, -0.15) is 0 Å². The standard InChI is InChI=1S/C11H19N3O3S/c1-7(2)10(6-15)14-8-3-4-11(9(12)5-8)18(13,16)17/h3-5,7,10,14-15H,6,12H2,1-2H3,(H2,13,16,17). The maximum absolute atomic E-state index is 11.2. The Hall–Kier alpha value is -1.31. The Kier molecular flexibility index (Phi) is 4.55. The Morgan fingerprint density at radius 3 is 2.39 bits per heavy atom. The van der Waals surface area contributed by atoms with Crippen LogP contribution >= 0.6 is 0 Å². The monoisotopic (exact) mass is 273 g/mol. The third kappa shape index (κ3) is 3.59. The number of primary sulfonamides is 1. The molecule has 1 aromatic carbocycles. The van der Waals surface area contributed by atoms with E-state index >= 15 is 0 Å². The number of hydrogen-bond donors (Lipinski definition) is 4. The first-order chi connectivity index (χ1) is 8.25. The van der Waals surface area contributed by atoms with E-state index in [0.717, 1.165) is 0 Å². The van der Waals surface area contributed by atoms with E-state index in [-0.39, 0.29) is 29.1 Å². The zero-order valence-corrected chi connectivity index (χ0v) is 11.2. The van der Waals surface area contributed by atoms with Gasteiger partial charge in [0.25, 0.3) is 0 Å². The van der Waals surface area contributed by atoms with E-state index in [4.69, 9.17) is 10.9 Å². The van der Waals surface area contributed by atoms with Crippen LogP contribution in [-0.4, -0.2) is 26.2 Å². The summed E-state index contributed by atoms with van der Waals surface area (Å²) in [4.78, 5) is -0.0989. The molecular formula is C11H19N3O3S. The third-order valence-electron chi connectivity index (χ3n) is 2.67. The number of rotatable bonds is 5. The zero-order chi connectivity index (χ0) is 13.9. The first-order valence-electron chi connectivity index (χ1n) is 5.55. The van der Waals surface area contributed by atoms with Gasteiger partial charge in [0, 0.05) is 5.69 Å². The van der Waals surface area contributed by atoms with E-state index in [9.17, 15) is 13.5 Å². The van der Waals surface area contributed by atoms with Crippen molar-refractivity contribution in [2.75, 3.05) is 17.7 Å². The van der Waals surface area contributed by atoms with Crippen molar-refractivity contribution in [3.63, 3.8) is 0 Å². The minimum atomic E-state index is -3.80. The summed E-state index contributed by atoms with van der Waals surface area (Å²) in [7, 11) is -3.80. The van der Waals surface area contributed by atoms with Gasteiger partial charge in [0.1, 0.15) is 4.90 Å². The lowest BCUT2D eigenvalue weighted by Gasteiger charge is -2.21. The Bertz CT molecular complexity index is 514. The first-order valence-corrected chi connectivity index (χ1v) is 7.10. The second-order valence-electron chi connectivity index (χ2n) is 4.48. The molecule has 1 unspecified atom stereocenters. The van der Waals surface area contributed by atoms with E-state index in [1.807, 2.05) is 13.8 Å². The molecule has 0 aliphatic heterocycles. The Morgan fingerprint density at radius 1 is 1.39 bits per heavy atom. The molecule has 0 amide bonds. The number of benzene rings is 1. The van der Waals surface area contributed by atoms with Crippen LogP contribution in [-0.2, 0) is 10.0 Å². The molecule has 0 heterocycles. The van der Waals surface area contributed by atoms with Gasteiger partial charge in [-0.05, 0) is 24.1 Å². The second kappa shape index (κ2) is 5.55. The summed E-state index contributed by atoms with van der Waals surface area (Å²) in [6.45, 7) is 3.92. The molecular weight excluding hydrogens is 254 g/mol. The van der Waals surface area contributed by atoms with Gasteiger partial charge < -0.3 is 16.2 Å². The van der Waals surface area contributed by atoms with E-state index in [0.29, 0.717) is 5.69 Å². The Balaban J connectivity index is 2.98. The van der Waals surface area contributed by atoms with Gasteiger partial charge in [-0.25, -0.2) is 13.6 Å². The molecule has 1 rings (SSSR count). The smallest absolute Gasteiger partial charge is 0.240 e. The molecule has 0 aromatic heterocycles. The molecule has 6 N–H and O–H groups in total. The normalized spacial score (nSPS) is 13.6. The fourth-order valence-electron chi connectivity index (χ4n) is 1.53. The predicted octanol–water partition coefficient (Wildman–Crippen LogP) is 0.345. The second-order valence-corrected chi connectivity index (χ2v) is 6.00. The Labute approximate surface area is 107 Å². The van der Waals surface area contributed by atoms with Gasteiger partial charge in [0.05, 0.1) is 18.3 Å². The van der Waals surface area contributed by atoms with Gasteiger partial charge in [-0.3, -0.25) is 0 Å². The van der Waals surface area contributed by atoms with Gasteiger partial charge in [0.15, 0.2) is 0 Å². The molecule has 0 spiro atoms. The van der Waals surface area contributed by atoms with Crippen molar-refractivity contribution in [2.24, 2.45) is 11.1 Å². The number of nitrogens with one attached hydrogen (secondary N) is 1. The number of sulfonamides is 1.